The molecule has 0 aliphatic carbocycles. The summed E-state index contributed by atoms with van der Waals surface area (Å²) in [6.07, 6.45) is 1.05. The van der Waals surface area contributed by atoms with Crippen LogP contribution < -0.4 is 5.32 Å². The lowest BCUT2D eigenvalue weighted by molar-refractivity contribution is -0.144. The molecule has 1 amide bonds. The van der Waals surface area contributed by atoms with Gasteiger partial charge in [0.15, 0.2) is 6.61 Å². The standard InChI is InChI=1S/C27H24N2O5/c30-25(22-16-28-23-14-8-7-13-21(22)23)18-33-26(31)24(15-19-9-3-1-4-10-19)29-27(32)34-17-20-11-5-2-6-12-20/h1-14,16,24,28H,15,17-18H2,(H,29,32)/t24-/m1/s1. The van der Waals surface area contributed by atoms with E-state index in [1.807, 2.05) is 84.9 Å². The number of aromatic amines is 1. The largest absolute Gasteiger partial charge is 0.456 e. The monoisotopic (exact) mass is 456 g/mol. The molecule has 0 spiro atoms. The van der Waals surface area contributed by atoms with E-state index < -0.39 is 24.7 Å². The normalized spacial score (nSPS) is 11.5. The third-order valence-electron chi connectivity index (χ3n) is 5.31. The zero-order valence-corrected chi connectivity index (χ0v) is 18.4. The summed E-state index contributed by atoms with van der Waals surface area (Å²) >= 11 is 0. The Morgan fingerprint density at radius 1 is 0.794 bits per heavy atom. The number of amides is 1. The highest BCUT2D eigenvalue weighted by molar-refractivity contribution is 6.08. The van der Waals surface area contributed by atoms with Crippen molar-refractivity contribution >= 4 is 28.7 Å². The fraction of sp³-hybridized carbons (Fsp3) is 0.148. The molecule has 0 unspecified atom stereocenters. The fourth-order valence-corrected chi connectivity index (χ4v) is 3.57. The van der Waals surface area contributed by atoms with Crippen LogP contribution in [-0.2, 0) is 27.3 Å². The number of hydrogen-bond donors (Lipinski definition) is 2. The molecule has 34 heavy (non-hydrogen) atoms. The average Bonchev–Trinajstić information content (AvgIpc) is 3.31. The van der Waals surface area contributed by atoms with Crippen molar-refractivity contribution in [2.24, 2.45) is 0 Å². The van der Waals surface area contributed by atoms with Gasteiger partial charge in [0.25, 0.3) is 0 Å². The summed E-state index contributed by atoms with van der Waals surface area (Å²) in [5.74, 6) is -1.05. The number of hydrogen-bond acceptors (Lipinski definition) is 5. The molecule has 3 aromatic carbocycles. The second-order valence-corrected chi connectivity index (χ2v) is 7.73. The van der Waals surface area contributed by atoms with Crippen molar-refractivity contribution in [3.8, 4) is 0 Å². The van der Waals surface area contributed by atoms with Crippen LogP contribution in [0.1, 0.15) is 21.5 Å². The first-order valence-electron chi connectivity index (χ1n) is 10.9. The highest BCUT2D eigenvalue weighted by Crippen LogP contribution is 2.18. The molecule has 1 atom stereocenters. The first-order chi connectivity index (χ1) is 16.6. The van der Waals surface area contributed by atoms with Crippen molar-refractivity contribution < 1.29 is 23.9 Å². The van der Waals surface area contributed by atoms with Crippen LogP contribution >= 0.6 is 0 Å². The zero-order chi connectivity index (χ0) is 23.8. The van der Waals surface area contributed by atoms with Crippen molar-refractivity contribution in [3.05, 3.63) is 108 Å². The second-order valence-electron chi connectivity index (χ2n) is 7.73. The molecule has 0 radical (unpaired) electrons. The molecular formula is C27H24N2O5. The molecule has 2 N–H and O–H groups in total. The molecule has 0 saturated carbocycles. The number of para-hydroxylation sites is 1. The van der Waals surface area contributed by atoms with Gasteiger partial charge in [-0.2, -0.15) is 0 Å². The number of aromatic nitrogens is 1. The first kappa shape index (κ1) is 22.8. The Kier molecular flexibility index (Phi) is 7.35. The molecule has 1 heterocycles. The van der Waals surface area contributed by atoms with E-state index in [4.69, 9.17) is 9.47 Å². The summed E-state index contributed by atoms with van der Waals surface area (Å²) in [7, 11) is 0. The number of nitrogens with one attached hydrogen (secondary N) is 2. The van der Waals surface area contributed by atoms with Gasteiger partial charge in [-0.25, -0.2) is 9.59 Å². The number of ketones is 1. The molecule has 4 aromatic rings. The summed E-state index contributed by atoms with van der Waals surface area (Å²) in [5.41, 5.74) is 2.92. The number of fused-ring (bicyclic) bond motifs is 1. The second kappa shape index (κ2) is 11.0. The van der Waals surface area contributed by atoms with Crippen LogP contribution in [0.5, 0.6) is 0 Å². The highest BCUT2D eigenvalue weighted by atomic mass is 16.6. The van der Waals surface area contributed by atoms with E-state index in [0.29, 0.717) is 5.56 Å². The van der Waals surface area contributed by atoms with E-state index in [9.17, 15) is 14.4 Å². The molecular weight excluding hydrogens is 432 g/mol. The van der Waals surface area contributed by atoms with Crippen LogP contribution in [0, 0.1) is 0 Å². The third kappa shape index (κ3) is 5.89. The van der Waals surface area contributed by atoms with Crippen molar-refractivity contribution in [3.63, 3.8) is 0 Å². The number of benzene rings is 3. The summed E-state index contributed by atoms with van der Waals surface area (Å²) in [6.45, 7) is -0.370. The minimum Gasteiger partial charge on any atom is -0.456 e. The Morgan fingerprint density at radius 3 is 2.18 bits per heavy atom. The fourth-order valence-electron chi connectivity index (χ4n) is 3.57. The maximum Gasteiger partial charge on any atom is 0.408 e. The van der Waals surface area contributed by atoms with E-state index in [1.54, 1.807) is 6.20 Å². The van der Waals surface area contributed by atoms with E-state index in [0.717, 1.165) is 22.0 Å². The van der Waals surface area contributed by atoms with Gasteiger partial charge < -0.3 is 19.8 Å². The number of ether oxygens (including phenoxy) is 2. The number of esters is 1. The van der Waals surface area contributed by atoms with E-state index in [1.165, 1.54) is 0 Å². The van der Waals surface area contributed by atoms with Gasteiger partial charge in [0.1, 0.15) is 12.6 Å². The predicted molar refractivity (Wildman–Crippen MR) is 127 cm³/mol. The number of carbonyl (C=O) groups is 3. The lowest BCUT2D eigenvalue weighted by atomic mass is 10.1. The maximum atomic E-state index is 12.8. The van der Waals surface area contributed by atoms with Crippen LogP contribution in [0.25, 0.3) is 10.9 Å². The van der Waals surface area contributed by atoms with Gasteiger partial charge in [0, 0.05) is 29.1 Å². The van der Waals surface area contributed by atoms with Crippen LogP contribution in [-0.4, -0.2) is 35.5 Å². The van der Waals surface area contributed by atoms with E-state index in [-0.39, 0.29) is 18.8 Å². The topological polar surface area (TPSA) is 97.5 Å². The zero-order valence-electron chi connectivity index (χ0n) is 18.4. The average molecular weight is 456 g/mol. The van der Waals surface area contributed by atoms with Gasteiger partial charge in [0.05, 0.1) is 0 Å². The van der Waals surface area contributed by atoms with E-state index >= 15 is 0 Å². The minimum absolute atomic E-state index is 0.0683. The van der Waals surface area contributed by atoms with Gasteiger partial charge in [-0.15, -0.1) is 0 Å². The van der Waals surface area contributed by atoms with Crippen molar-refractivity contribution in [2.75, 3.05) is 6.61 Å². The summed E-state index contributed by atoms with van der Waals surface area (Å²) in [4.78, 5) is 40.9. The van der Waals surface area contributed by atoms with Crippen molar-refractivity contribution in [1.29, 1.82) is 0 Å². The van der Waals surface area contributed by atoms with Crippen LogP contribution in [0.15, 0.2) is 91.1 Å². The Morgan fingerprint density at radius 2 is 1.44 bits per heavy atom. The Labute approximate surface area is 196 Å². The highest BCUT2D eigenvalue weighted by Gasteiger charge is 2.25. The molecule has 4 rings (SSSR count). The van der Waals surface area contributed by atoms with Gasteiger partial charge >= 0.3 is 12.1 Å². The predicted octanol–water partition coefficient (Wildman–Crippen LogP) is 4.43. The molecule has 0 fully saturated rings. The molecule has 7 heteroatoms. The summed E-state index contributed by atoms with van der Waals surface area (Å²) < 4.78 is 10.6. The molecule has 7 nitrogen and oxygen atoms in total. The SMILES string of the molecule is O=C(N[C@H](Cc1ccccc1)C(=O)OCC(=O)c1c[nH]c2ccccc12)OCc1ccccc1. The lowest BCUT2D eigenvalue weighted by Gasteiger charge is -2.17. The molecule has 0 aliphatic rings. The molecule has 1 aromatic heterocycles. The quantitative estimate of drug-likeness (QED) is 0.287. The van der Waals surface area contributed by atoms with Crippen LogP contribution in [0.2, 0.25) is 0 Å². The number of carbonyl (C=O) groups excluding carboxylic acids is 3. The van der Waals surface area contributed by atoms with Gasteiger partial charge in [-0.3, -0.25) is 4.79 Å². The third-order valence-corrected chi connectivity index (χ3v) is 5.31. The molecule has 0 aliphatic heterocycles. The van der Waals surface area contributed by atoms with Gasteiger partial charge in [-0.1, -0.05) is 78.9 Å². The van der Waals surface area contributed by atoms with Gasteiger partial charge in [-0.05, 0) is 17.2 Å². The Hall–Kier alpha value is -4.39. The number of alkyl carbamates (subject to hydrolysis) is 1. The summed E-state index contributed by atoms with van der Waals surface area (Å²) in [5, 5.41) is 3.33. The number of Topliss-reactive ketones (excluding diaryl/α,β-unsaturated/α-hetero) is 1. The number of H-pyrrole nitrogens is 1. The smallest absolute Gasteiger partial charge is 0.408 e. The number of rotatable bonds is 9. The summed E-state index contributed by atoms with van der Waals surface area (Å²) in [6, 6.07) is 24.8. The Bertz CT molecular complexity index is 1270. The lowest BCUT2D eigenvalue weighted by Crippen LogP contribution is -2.44. The van der Waals surface area contributed by atoms with Crippen molar-refractivity contribution in [2.45, 2.75) is 19.1 Å². The van der Waals surface area contributed by atoms with Crippen molar-refractivity contribution in [1.82, 2.24) is 10.3 Å². The molecule has 172 valence electrons. The van der Waals surface area contributed by atoms with Crippen LogP contribution in [0.3, 0.4) is 0 Å². The first-order valence-corrected chi connectivity index (χ1v) is 10.9. The Balaban J connectivity index is 1.39. The molecule has 0 saturated heterocycles. The molecule has 0 bridgehead atoms. The van der Waals surface area contributed by atoms with Gasteiger partial charge in [0.2, 0.25) is 5.78 Å². The van der Waals surface area contributed by atoms with Crippen LogP contribution in [0.4, 0.5) is 4.79 Å². The maximum absolute atomic E-state index is 12.8. The minimum atomic E-state index is -1.01. The van der Waals surface area contributed by atoms with E-state index in [2.05, 4.69) is 10.3 Å².